The van der Waals surface area contributed by atoms with E-state index in [1.54, 1.807) is 5.20 Å². The van der Waals surface area contributed by atoms with Crippen LogP contribution in [0.3, 0.4) is 0 Å². The molecule has 0 heterocycles. The summed E-state index contributed by atoms with van der Waals surface area (Å²) in [6.45, 7) is 2.31. The Bertz CT molecular complexity index is 874. The average molecular weight is 492 g/mol. The molecule has 0 spiro atoms. The van der Waals surface area contributed by atoms with Crippen molar-refractivity contribution in [3.63, 3.8) is 0 Å². The third-order valence-electron chi connectivity index (χ3n) is 5.44. The molecule has 5 heteroatoms. The summed E-state index contributed by atoms with van der Waals surface area (Å²) in [5, 5.41) is 6.03. The quantitative estimate of drug-likeness (QED) is 0.253. The second-order valence-corrected chi connectivity index (χ2v) is 11.5. The van der Waals surface area contributed by atoms with Crippen LogP contribution in [0.1, 0.15) is 13.3 Å². The second kappa shape index (κ2) is 11.4. The van der Waals surface area contributed by atoms with E-state index >= 15 is 0 Å². The van der Waals surface area contributed by atoms with Crippen LogP contribution in [0.5, 0.6) is 0 Å². The molecular formula is C24H21Cl3SiTi. The minimum atomic E-state index is -2.27. The molecule has 0 N–H and O–H groups in total. The molecule has 0 saturated carbocycles. The Kier molecular flexibility index (Phi) is 10.2. The fourth-order valence-corrected chi connectivity index (χ4v) is 10.0. The largest absolute Gasteiger partial charge is 1.00 e. The van der Waals surface area contributed by atoms with Crippen LogP contribution in [0.4, 0.5) is 0 Å². The van der Waals surface area contributed by atoms with Gasteiger partial charge in [-0.2, -0.15) is 0 Å². The first-order valence-corrected chi connectivity index (χ1v) is 11.8. The third-order valence-corrected chi connectivity index (χ3v) is 11.4. The van der Waals surface area contributed by atoms with Gasteiger partial charge in [0.05, 0.1) is 0 Å². The van der Waals surface area contributed by atoms with Crippen molar-refractivity contribution in [2.24, 2.45) is 0 Å². The van der Waals surface area contributed by atoms with Crippen LogP contribution in [0.2, 0.25) is 0 Å². The molecule has 1 aliphatic rings. The van der Waals surface area contributed by atoms with E-state index in [2.05, 4.69) is 124 Å². The summed E-state index contributed by atoms with van der Waals surface area (Å²) in [4.78, 5) is 0. The van der Waals surface area contributed by atoms with Crippen molar-refractivity contribution in [2.75, 3.05) is 0 Å². The zero-order valence-electron chi connectivity index (χ0n) is 16.1. The molecule has 1 aliphatic carbocycles. The van der Waals surface area contributed by atoms with E-state index in [0.29, 0.717) is 0 Å². The van der Waals surface area contributed by atoms with Crippen LogP contribution in [0.15, 0.2) is 112 Å². The van der Waals surface area contributed by atoms with Gasteiger partial charge in [0.25, 0.3) is 0 Å². The molecule has 0 unspecified atom stereocenters. The minimum Gasteiger partial charge on any atom is -1.00 e. The Balaban J connectivity index is 0.00000140. The summed E-state index contributed by atoms with van der Waals surface area (Å²) < 4.78 is 1.43. The van der Waals surface area contributed by atoms with Crippen LogP contribution in [-0.4, -0.2) is 8.07 Å². The van der Waals surface area contributed by atoms with Crippen molar-refractivity contribution in [3.05, 3.63) is 112 Å². The van der Waals surface area contributed by atoms with Crippen molar-refractivity contribution >= 4 is 23.6 Å². The molecule has 0 bridgehead atoms. The standard InChI is InChI=1S/C24H21Si.3ClH.Ti/c1-20-12-11-19-24(20)25(21-13-5-2-6-14-21,22-15-7-3-8-16-22)23-17-9-4-10-18-23;;;;/h2-11,13-18H,19H2,1H3;3*1H;/q;;;;+3/p-3. The number of allylic oxidation sites excluding steroid dienone is 4. The Morgan fingerprint density at radius 2 is 0.966 bits per heavy atom. The van der Waals surface area contributed by atoms with Crippen molar-refractivity contribution in [3.8, 4) is 0 Å². The number of halogens is 3. The number of benzene rings is 3. The van der Waals surface area contributed by atoms with Crippen LogP contribution in [0.25, 0.3) is 0 Å². The van der Waals surface area contributed by atoms with Crippen LogP contribution in [-0.2, 0) is 20.4 Å². The second-order valence-electron chi connectivity index (χ2n) is 6.77. The molecule has 0 fully saturated rings. The van der Waals surface area contributed by atoms with Crippen molar-refractivity contribution < 1.29 is 57.7 Å². The smallest absolute Gasteiger partial charge is 1.00 e. The fraction of sp³-hybridized carbons (Fsp3) is 0.0833. The zero-order chi connectivity index (χ0) is 18.0. The van der Waals surface area contributed by atoms with E-state index in [0.717, 1.165) is 6.42 Å². The van der Waals surface area contributed by atoms with Gasteiger partial charge in [0, 0.05) is 0 Å². The van der Waals surface area contributed by atoms with Crippen molar-refractivity contribution in [2.45, 2.75) is 13.3 Å². The molecule has 0 aliphatic heterocycles. The Hall–Kier alpha value is -1.06. The maximum absolute atomic E-state index is 2.40. The van der Waals surface area contributed by atoms with E-state index in [-0.39, 0.29) is 37.2 Å². The Morgan fingerprint density at radius 1 is 0.621 bits per heavy atom. The predicted molar refractivity (Wildman–Crippen MR) is 109 cm³/mol. The molecular weight excluding hydrogens is 471 g/mol. The number of hydrogen-bond donors (Lipinski definition) is 0. The molecule has 0 atom stereocenters. The normalized spacial score (nSPS) is 13.0. The predicted octanol–water partition coefficient (Wildman–Crippen LogP) is -5.14. The topological polar surface area (TPSA) is 0 Å². The van der Waals surface area contributed by atoms with Crippen LogP contribution in [0, 0.1) is 0 Å². The zero-order valence-corrected chi connectivity index (χ0v) is 20.9. The van der Waals surface area contributed by atoms with Gasteiger partial charge in [-0.1, -0.05) is 0 Å². The molecule has 0 radical (unpaired) electrons. The molecule has 0 amide bonds. The first kappa shape index (κ1) is 26.0. The number of rotatable bonds is 4. The van der Waals surface area contributed by atoms with Gasteiger partial charge < -0.3 is 37.2 Å². The van der Waals surface area contributed by atoms with Gasteiger partial charge in [0.2, 0.25) is 0 Å². The molecule has 0 aromatic heterocycles. The van der Waals surface area contributed by atoms with E-state index in [1.807, 2.05) is 0 Å². The molecule has 3 aromatic rings. The summed E-state index contributed by atoms with van der Waals surface area (Å²) in [6.07, 6.45) is 3.46. The van der Waals surface area contributed by atoms with Gasteiger partial charge in [0.15, 0.2) is 0 Å². The molecule has 0 saturated heterocycles. The van der Waals surface area contributed by atoms with Crippen molar-refractivity contribution in [1.29, 1.82) is 0 Å². The van der Waals surface area contributed by atoms with Gasteiger partial charge in [-0.05, 0) is 0 Å². The van der Waals surface area contributed by atoms with E-state index in [4.69, 9.17) is 0 Å². The summed E-state index contributed by atoms with van der Waals surface area (Å²) in [6, 6.07) is 33.5. The summed E-state index contributed by atoms with van der Waals surface area (Å²) in [5.41, 5.74) is 1.48. The first-order valence-electron chi connectivity index (χ1n) is 9.03. The fourth-order valence-electron chi connectivity index (χ4n) is 4.19. The van der Waals surface area contributed by atoms with Gasteiger partial charge in [-0.25, -0.2) is 0 Å². The monoisotopic (exact) mass is 490 g/mol. The Labute approximate surface area is 205 Å². The molecule has 4 rings (SSSR count). The van der Waals surface area contributed by atoms with Gasteiger partial charge in [0.1, 0.15) is 0 Å². The third kappa shape index (κ3) is 4.66. The molecule has 0 nitrogen and oxygen atoms in total. The Morgan fingerprint density at radius 3 is 1.24 bits per heavy atom. The summed E-state index contributed by atoms with van der Waals surface area (Å²) in [7, 11) is -2.27. The first-order chi connectivity index (χ1) is 12.7. The maximum atomic E-state index is 2.40. The summed E-state index contributed by atoms with van der Waals surface area (Å²) in [5.74, 6) is 0. The SMILES string of the molecule is CC1=C([Si](c2ccccc2)(c2ccccc2)c2ccccc2)CC=[C]1[Ti+3].[Cl-].[Cl-].[Cl-]. The van der Waals surface area contributed by atoms with Crippen LogP contribution < -0.4 is 52.8 Å². The van der Waals surface area contributed by atoms with E-state index < -0.39 is 8.07 Å². The number of hydrogen-bond acceptors (Lipinski definition) is 0. The van der Waals surface area contributed by atoms with Crippen LogP contribution >= 0.6 is 0 Å². The molecule has 146 valence electrons. The van der Waals surface area contributed by atoms with E-state index in [9.17, 15) is 0 Å². The van der Waals surface area contributed by atoms with Crippen molar-refractivity contribution in [1.82, 2.24) is 0 Å². The van der Waals surface area contributed by atoms with Gasteiger partial charge in [-0.15, -0.1) is 0 Å². The maximum Gasteiger partial charge on any atom is -1.00 e. The van der Waals surface area contributed by atoms with Gasteiger partial charge in [-0.3, -0.25) is 0 Å². The minimum absolute atomic E-state index is 0. The van der Waals surface area contributed by atoms with E-state index in [1.165, 1.54) is 25.0 Å². The summed E-state index contributed by atoms with van der Waals surface area (Å²) >= 11 is 2.25. The van der Waals surface area contributed by atoms with Gasteiger partial charge >= 0.3 is 169 Å². The average Bonchev–Trinajstić information content (AvgIpc) is 3.04. The molecule has 29 heavy (non-hydrogen) atoms. The molecule has 3 aromatic carbocycles.